The molecule has 0 bridgehead atoms. The van der Waals surface area contributed by atoms with Crippen molar-refractivity contribution in [1.29, 1.82) is 0 Å². The zero-order valence-corrected chi connectivity index (χ0v) is 16.4. The van der Waals surface area contributed by atoms with Crippen LogP contribution in [0.2, 0.25) is 0 Å². The van der Waals surface area contributed by atoms with Gasteiger partial charge in [0.05, 0.1) is 13.2 Å². The average molecular weight is 382 g/mol. The van der Waals surface area contributed by atoms with E-state index >= 15 is 0 Å². The van der Waals surface area contributed by atoms with Crippen LogP contribution in [0.1, 0.15) is 38.8 Å². The number of halogens is 1. The Morgan fingerprint density at radius 3 is 2.52 bits per heavy atom. The van der Waals surface area contributed by atoms with Gasteiger partial charge in [0.25, 0.3) is 0 Å². The van der Waals surface area contributed by atoms with Crippen LogP contribution >= 0.6 is 0 Å². The summed E-state index contributed by atoms with van der Waals surface area (Å²) in [7, 11) is 0. The molecular formula is C20H27FO6. The number of benzene rings is 1. The van der Waals surface area contributed by atoms with Crippen LogP contribution in [0.3, 0.4) is 0 Å². The molecule has 0 unspecified atom stereocenters. The molecule has 3 aliphatic rings. The summed E-state index contributed by atoms with van der Waals surface area (Å²) in [5.74, 6) is -1.73. The van der Waals surface area contributed by atoms with Gasteiger partial charge in [-0.3, -0.25) is 0 Å². The van der Waals surface area contributed by atoms with Crippen LogP contribution in [0.15, 0.2) is 18.2 Å². The topological polar surface area (TPSA) is 55.4 Å². The minimum Gasteiger partial charge on any atom is -0.368 e. The molecule has 3 saturated heterocycles. The number of aryl methyl sites for hydroxylation is 1. The predicted octanol–water partition coefficient (Wildman–Crippen LogP) is 3.05. The summed E-state index contributed by atoms with van der Waals surface area (Å²) in [6.07, 6.45) is -2.16. The third kappa shape index (κ3) is 3.90. The van der Waals surface area contributed by atoms with Crippen LogP contribution in [0.5, 0.6) is 0 Å². The van der Waals surface area contributed by atoms with E-state index in [-0.39, 0.29) is 18.5 Å². The van der Waals surface area contributed by atoms with Gasteiger partial charge in [-0.15, -0.1) is 0 Å². The lowest BCUT2D eigenvalue weighted by Crippen LogP contribution is -2.44. The molecule has 27 heavy (non-hydrogen) atoms. The van der Waals surface area contributed by atoms with E-state index < -0.39 is 36.2 Å². The first kappa shape index (κ1) is 19.2. The average Bonchev–Trinajstić information content (AvgIpc) is 3.16. The number of hydrogen-bond donors (Lipinski definition) is 0. The molecule has 0 N–H and O–H groups in total. The first-order valence-corrected chi connectivity index (χ1v) is 9.33. The lowest BCUT2D eigenvalue weighted by Gasteiger charge is -2.29. The molecule has 3 heterocycles. The number of ether oxygens (including phenoxy) is 6. The summed E-state index contributed by atoms with van der Waals surface area (Å²) < 4.78 is 49.9. The Labute approximate surface area is 158 Å². The molecule has 0 aliphatic carbocycles. The van der Waals surface area contributed by atoms with Crippen molar-refractivity contribution in [2.24, 2.45) is 0 Å². The van der Waals surface area contributed by atoms with Crippen LogP contribution in [-0.2, 0) is 35.0 Å². The largest absolute Gasteiger partial charge is 0.368 e. The van der Waals surface area contributed by atoms with Gasteiger partial charge < -0.3 is 28.4 Å². The summed E-state index contributed by atoms with van der Waals surface area (Å²) in [5.41, 5.74) is 1.36. The SMILES string of the molecule is Cc1ccc(CO[C@@H]2[C@H]3OC(C)(C)O[C@H]3O[C@@H]2[C@H]2COC(C)(C)O2)c(F)c1. The smallest absolute Gasteiger partial charge is 0.190 e. The maximum Gasteiger partial charge on any atom is 0.190 e. The van der Waals surface area contributed by atoms with Gasteiger partial charge in [0.2, 0.25) is 0 Å². The minimum absolute atomic E-state index is 0.112. The first-order valence-electron chi connectivity index (χ1n) is 9.33. The lowest BCUT2D eigenvalue weighted by molar-refractivity contribution is -0.236. The van der Waals surface area contributed by atoms with Crippen molar-refractivity contribution in [2.45, 2.75) is 83.5 Å². The molecule has 5 atom stereocenters. The molecule has 0 radical (unpaired) electrons. The summed E-state index contributed by atoms with van der Waals surface area (Å²) >= 11 is 0. The Hall–Kier alpha value is -1.09. The summed E-state index contributed by atoms with van der Waals surface area (Å²) in [5, 5.41) is 0. The lowest BCUT2D eigenvalue weighted by atomic mass is 10.1. The second kappa shape index (κ2) is 6.76. The third-order valence-electron chi connectivity index (χ3n) is 5.06. The molecular weight excluding hydrogens is 355 g/mol. The molecule has 3 fully saturated rings. The van der Waals surface area contributed by atoms with E-state index in [2.05, 4.69) is 0 Å². The number of rotatable bonds is 4. The zero-order valence-electron chi connectivity index (χ0n) is 16.4. The van der Waals surface area contributed by atoms with E-state index in [0.717, 1.165) is 5.56 Å². The van der Waals surface area contributed by atoms with E-state index in [0.29, 0.717) is 12.2 Å². The molecule has 0 saturated carbocycles. The van der Waals surface area contributed by atoms with Crippen LogP contribution in [0.4, 0.5) is 4.39 Å². The quantitative estimate of drug-likeness (QED) is 0.798. The van der Waals surface area contributed by atoms with Gasteiger partial charge in [0.15, 0.2) is 17.9 Å². The maximum absolute atomic E-state index is 14.2. The fraction of sp³-hybridized carbons (Fsp3) is 0.700. The highest BCUT2D eigenvalue weighted by Crippen LogP contribution is 2.42. The monoisotopic (exact) mass is 382 g/mol. The Bertz CT molecular complexity index is 706. The summed E-state index contributed by atoms with van der Waals surface area (Å²) in [6.45, 7) is 9.73. The molecule has 0 amide bonds. The van der Waals surface area contributed by atoms with E-state index in [1.807, 2.05) is 40.7 Å². The van der Waals surface area contributed by atoms with Crippen molar-refractivity contribution < 1.29 is 32.8 Å². The molecule has 6 nitrogen and oxygen atoms in total. The van der Waals surface area contributed by atoms with Gasteiger partial charge in [-0.05, 0) is 46.2 Å². The standard InChI is InChI=1S/C20H27FO6/c1-11-6-7-12(13(21)8-11)9-22-16-15(14-10-23-19(2,3)25-14)24-18-17(16)26-20(4,5)27-18/h6-8,14-18H,9-10H2,1-5H3/t14-,15-,16+,17-,18-/m1/s1. The first-order chi connectivity index (χ1) is 12.6. The van der Waals surface area contributed by atoms with Gasteiger partial charge in [0.1, 0.15) is 30.2 Å². The Kier molecular flexibility index (Phi) is 4.81. The molecule has 1 aromatic carbocycles. The molecule has 7 heteroatoms. The fourth-order valence-electron chi connectivity index (χ4n) is 3.83. The normalized spacial score (nSPS) is 36.9. The summed E-state index contributed by atoms with van der Waals surface area (Å²) in [6, 6.07) is 5.10. The van der Waals surface area contributed by atoms with E-state index in [4.69, 9.17) is 28.4 Å². The Balaban J connectivity index is 1.51. The molecule has 150 valence electrons. The number of hydrogen-bond acceptors (Lipinski definition) is 6. The van der Waals surface area contributed by atoms with Crippen LogP contribution in [0.25, 0.3) is 0 Å². The van der Waals surface area contributed by atoms with E-state index in [9.17, 15) is 4.39 Å². The van der Waals surface area contributed by atoms with E-state index in [1.54, 1.807) is 6.07 Å². The molecule has 0 aromatic heterocycles. The highest BCUT2D eigenvalue weighted by Gasteiger charge is 2.58. The van der Waals surface area contributed by atoms with Crippen molar-refractivity contribution in [3.63, 3.8) is 0 Å². The molecule has 4 rings (SSSR count). The van der Waals surface area contributed by atoms with Gasteiger partial charge in [0, 0.05) is 5.56 Å². The zero-order chi connectivity index (χ0) is 19.4. The van der Waals surface area contributed by atoms with Crippen molar-refractivity contribution in [3.8, 4) is 0 Å². The minimum atomic E-state index is -0.761. The molecule has 0 spiro atoms. The predicted molar refractivity (Wildman–Crippen MR) is 93.3 cm³/mol. The maximum atomic E-state index is 14.2. The van der Waals surface area contributed by atoms with Crippen molar-refractivity contribution in [3.05, 3.63) is 35.1 Å². The van der Waals surface area contributed by atoms with Gasteiger partial charge in [-0.2, -0.15) is 0 Å². The van der Waals surface area contributed by atoms with Crippen molar-refractivity contribution in [2.75, 3.05) is 6.61 Å². The van der Waals surface area contributed by atoms with Gasteiger partial charge >= 0.3 is 0 Å². The molecule has 3 aliphatic heterocycles. The van der Waals surface area contributed by atoms with Crippen molar-refractivity contribution in [1.82, 2.24) is 0 Å². The highest BCUT2D eigenvalue weighted by molar-refractivity contribution is 5.22. The Morgan fingerprint density at radius 1 is 1.07 bits per heavy atom. The van der Waals surface area contributed by atoms with Crippen LogP contribution in [0, 0.1) is 12.7 Å². The Morgan fingerprint density at radius 2 is 1.85 bits per heavy atom. The third-order valence-corrected chi connectivity index (χ3v) is 5.06. The van der Waals surface area contributed by atoms with Gasteiger partial charge in [-0.1, -0.05) is 12.1 Å². The van der Waals surface area contributed by atoms with Crippen LogP contribution < -0.4 is 0 Å². The molecule has 1 aromatic rings. The second-order valence-corrected chi connectivity index (χ2v) is 8.31. The highest BCUT2D eigenvalue weighted by atomic mass is 19.1. The summed E-state index contributed by atoms with van der Waals surface area (Å²) in [4.78, 5) is 0. The van der Waals surface area contributed by atoms with E-state index in [1.165, 1.54) is 6.07 Å². The van der Waals surface area contributed by atoms with Gasteiger partial charge in [-0.25, -0.2) is 4.39 Å². The fourth-order valence-corrected chi connectivity index (χ4v) is 3.83. The second-order valence-electron chi connectivity index (χ2n) is 8.31. The van der Waals surface area contributed by atoms with Crippen molar-refractivity contribution >= 4 is 0 Å². The van der Waals surface area contributed by atoms with Crippen LogP contribution in [-0.4, -0.2) is 48.9 Å². The number of fused-ring (bicyclic) bond motifs is 1.